The average molecular weight is 354 g/mol. The normalized spacial score (nSPS) is 12.6. The van der Waals surface area contributed by atoms with Crippen molar-refractivity contribution in [1.82, 2.24) is 25.2 Å². The summed E-state index contributed by atoms with van der Waals surface area (Å²) in [6, 6.07) is 3.63. The van der Waals surface area contributed by atoms with Crippen LogP contribution < -0.4 is 0 Å². The minimum absolute atomic E-state index is 0.221. The van der Waals surface area contributed by atoms with Crippen LogP contribution in [-0.2, 0) is 11.3 Å². The van der Waals surface area contributed by atoms with E-state index >= 15 is 0 Å². The summed E-state index contributed by atoms with van der Waals surface area (Å²) in [5, 5.41) is 20.8. The molecule has 1 unspecified atom stereocenters. The molecule has 0 saturated heterocycles. The third-order valence-electron chi connectivity index (χ3n) is 3.00. The van der Waals surface area contributed by atoms with Gasteiger partial charge in [-0.1, -0.05) is 13.8 Å². The van der Waals surface area contributed by atoms with Crippen LogP contribution in [0.3, 0.4) is 0 Å². The second-order valence-electron chi connectivity index (χ2n) is 5.18. The van der Waals surface area contributed by atoms with E-state index in [4.69, 9.17) is 0 Å². The summed E-state index contributed by atoms with van der Waals surface area (Å²) in [6.07, 6.45) is 2.21. The van der Waals surface area contributed by atoms with Crippen LogP contribution >= 0.6 is 15.9 Å². The second kappa shape index (κ2) is 6.75. The highest BCUT2D eigenvalue weighted by molar-refractivity contribution is 9.10. The van der Waals surface area contributed by atoms with Crippen LogP contribution in [0.15, 0.2) is 22.8 Å². The molecule has 2 rings (SSSR count). The first kappa shape index (κ1) is 15.6. The Morgan fingerprint density at radius 2 is 2.24 bits per heavy atom. The van der Waals surface area contributed by atoms with Crippen LogP contribution in [0.5, 0.6) is 0 Å². The number of nitrogens with zero attached hydrogens (tertiary/aromatic N) is 5. The molecule has 112 valence electrons. The molecule has 0 radical (unpaired) electrons. The van der Waals surface area contributed by atoms with Gasteiger partial charge in [0.15, 0.2) is 0 Å². The summed E-state index contributed by atoms with van der Waals surface area (Å²) < 4.78 is 2.26. The Morgan fingerprint density at radius 1 is 1.48 bits per heavy atom. The highest BCUT2D eigenvalue weighted by Gasteiger charge is 2.23. The third kappa shape index (κ3) is 3.84. The van der Waals surface area contributed by atoms with E-state index < -0.39 is 11.9 Å². The molecule has 2 heterocycles. The third-order valence-corrected chi connectivity index (χ3v) is 3.64. The molecule has 0 saturated carbocycles. The molecule has 0 aromatic carbocycles. The SMILES string of the molecule is CC(C)CC(Cn1nnnc1-c1ncccc1Br)C(=O)O. The lowest BCUT2D eigenvalue weighted by molar-refractivity contribution is -0.142. The molecule has 8 heteroatoms. The summed E-state index contributed by atoms with van der Waals surface area (Å²) in [5.74, 6) is -0.634. The Hall–Kier alpha value is -1.83. The second-order valence-corrected chi connectivity index (χ2v) is 6.04. The first-order chi connectivity index (χ1) is 9.99. The fourth-order valence-electron chi connectivity index (χ4n) is 2.08. The van der Waals surface area contributed by atoms with Crippen molar-refractivity contribution in [2.24, 2.45) is 11.8 Å². The average Bonchev–Trinajstić information content (AvgIpc) is 2.86. The Balaban J connectivity index is 2.28. The first-order valence-corrected chi connectivity index (χ1v) is 7.38. The zero-order valence-electron chi connectivity index (χ0n) is 11.8. The smallest absolute Gasteiger partial charge is 0.308 e. The maximum atomic E-state index is 11.4. The molecule has 0 amide bonds. The van der Waals surface area contributed by atoms with E-state index in [0.29, 0.717) is 17.9 Å². The molecule has 1 N–H and O–H groups in total. The lowest BCUT2D eigenvalue weighted by atomic mass is 9.97. The fraction of sp³-hybridized carbons (Fsp3) is 0.462. The van der Waals surface area contributed by atoms with Crippen molar-refractivity contribution in [3.63, 3.8) is 0 Å². The number of rotatable bonds is 6. The Labute approximate surface area is 130 Å². The standard InChI is InChI=1S/C13H16BrN5O2/c1-8(2)6-9(13(20)21)7-19-12(16-17-18-19)11-10(14)4-3-5-15-11/h3-5,8-9H,6-7H2,1-2H3,(H,20,21). The van der Waals surface area contributed by atoms with Gasteiger partial charge in [0.05, 0.1) is 12.5 Å². The molecule has 0 aliphatic rings. The lowest BCUT2D eigenvalue weighted by Crippen LogP contribution is -2.23. The molecule has 21 heavy (non-hydrogen) atoms. The highest BCUT2D eigenvalue weighted by Crippen LogP contribution is 2.24. The molecule has 0 aliphatic heterocycles. The van der Waals surface area contributed by atoms with Gasteiger partial charge in [0.25, 0.3) is 0 Å². The van der Waals surface area contributed by atoms with Crippen molar-refractivity contribution in [3.8, 4) is 11.5 Å². The number of carboxylic acid groups (broad SMARTS) is 1. The van der Waals surface area contributed by atoms with E-state index in [9.17, 15) is 9.90 Å². The van der Waals surface area contributed by atoms with Crippen LogP contribution in [0, 0.1) is 11.8 Å². The zero-order valence-corrected chi connectivity index (χ0v) is 13.4. The molecule has 0 spiro atoms. The van der Waals surface area contributed by atoms with Crippen LogP contribution in [0.25, 0.3) is 11.5 Å². The number of pyridine rings is 1. The number of hydrogen-bond donors (Lipinski definition) is 1. The quantitative estimate of drug-likeness (QED) is 0.855. The van der Waals surface area contributed by atoms with Crippen molar-refractivity contribution in [1.29, 1.82) is 0 Å². The molecule has 0 bridgehead atoms. The monoisotopic (exact) mass is 353 g/mol. The van der Waals surface area contributed by atoms with Gasteiger partial charge in [-0.25, -0.2) is 4.68 Å². The lowest BCUT2D eigenvalue weighted by Gasteiger charge is -2.15. The topological polar surface area (TPSA) is 93.8 Å². The first-order valence-electron chi connectivity index (χ1n) is 6.59. The van der Waals surface area contributed by atoms with Crippen molar-refractivity contribution in [2.45, 2.75) is 26.8 Å². The number of aliphatic carboxylic acids is 1. The summed E-state index contributed by atoms with van der Waals surface area (Å²) in [7, 11) is 0. The zero-order chi connectivity index (χ0) is 15.4. The van der Waals surface area contributed by atoms with E-state index in [1.54, 1.807) is 12.3 Å². The van der Waals surface area contributed by atoms with Crippen molar-refractivity contribution in [2.75, 3.05) is 0 Å². The van der Waals surface area contributed by atoms with Crippen LogP contribution in [0.1, 0.15) is 20.3 Å². The van der Waals surface area contributed by atoms with Crippen molar-refractivity contribution >= 4 is 21.9 Å². The summed E-state index contributed by atoms with van der Waals surface area (Å²) in [4.78, 5) is 15.6. The van der Waals surface area contributed by atoms with Gasteiger partial charge in [-0.05, 0) is 50.8 Å². The van der Waals surface area contributed by atoms with Gasteiger partial charge in [0, 0.05) is 10.7 Å². The molecular weight excluding hydrogens is 338 g/mol. The summed E-state index contributed by atoms with van der Waals surface area (Å²) in [5.41, 5.74) is 0.594. The highest BCUT2D eigenvalue weighted by atomic mass is 79.9. The predicted octanol–water partition coefficient (Wildman–Crippen LogP) is 2.24. The Bertz CT molecular complexity index is 629. The van der Waals surface area contributed by atoms with Crippen LogP contribution in [0.4, 0.5) is 0 Å². The van der Waals surface area contributed by atoms with Crippen LogP contribution in [-0.4, -0.2) is 36.3 Å². The minimum atomic E-state index is -0.842. The molecule has 2 aromatic heterocycles. The molecule has 0 aliphatic carbocycles. The number of carbonyl (C=O) groups is 1. The molecular formula is C13H16BrN5O2. The van der Waals surface area contributed by atoms with Gasteiger partial charge < -0.3 is 5.11 Å². The predicted molar refractivity (Wildman–Crippen MR) is 79.3 cm³/mol. The van der Waals surface area contributed by atoms with Gasteiger partial charge in [-0.3, -0.25) is 9.78 Å². The summed E-state index contributed by atoms with van der Waals surface area (Å²) >= 11 is 3.40. The summed E-state index contributed by atoms with van der Waals surface area (Å²) in [6.45, 7) is 4.20. The van der Waals surface area contributed by atoms with Gasteiger partial charge >= 0.3 is 5.97 Å². The Morgan fingerprint density at radius 3 is 2.86 bits per heavy atom. The number of carboxylic acids is 1. The van der Waals surface area contributed by atoms with Crippen molar-refractivity contribution < 1.29 is 9.90 Å². The maximum Gasteiger partial charge on any atom is 0.308 e. The minimum Gasteiger partial charge on any atom is -0.481 e. The number of tetrazole rings is 1. The largest absolute Gasteiger partial charge is 0.481 e. The van der Waals surface area contributed by atoms with Crippen molar-refractivity contribution in [3.05, 3.63) is 22.8 Å². The van der Waals surface area contributed by atoms with Gasteiger partial charge in [0.2, 0.25) is 5.82 Å². The van der Waals surface area contributed by atoms with Gasteiger partial charge in [0.1, 0.15) is 5.69 Å². The number of halogens is 1. The van der Waals surface area contributed by atoms with Gasteiger partial charge in [-0.15, -0.1) is 5.10 Å². The molecule has 0 fully saturated rings. The Kier molecular flexibility index (Phi) is 5.00. The van der Waals surface area contributed by atoms with Gasteiger partial charge in [-0.2, -0.15) is 0 Å². The number of aromatic nitrogens is 5. The van der Waals surface area contributed by atoms with E-state index in [1.165, 1.54) is 4.68 Å². The fourth-order valence-corrected chi connectivity index (χ4v) is 2.51. The number of hydrogen-bond acceptors (Lipinski definition) is 5. The molecule has 2 aromatic rings. The van der Waals surface area contributed by atoms with E-state index in [0.717, 1.165) is 4.47 Å². The van der Waals surface area contributed by atoms with E-state index in [2.05, 4.69) is 36.4 Å². The van der Waals surface area contributed by atoms with E-state index in [1.807, 2.05) is 19.9 Å². The van der Waals surface area contributed by atoms with Crippen LogP contribution in [0.2, 0.25) is 0 Å². The maximum absolute atomic E-state index is 11.4. The van der Waals surface area contributed by atoms with E-state index in [-0.39, 0.29) is 12.5 Å². The molecule has 1 atom stereocenters. The molecule has 7 nitrogen and oxygen atoms in total.